The number of hydrogen-bond acceptors (Lipinski definition) is 3. The molecule has 0 fully saturated rings. The van der Waals surface area contributed by atoms with Crippen LogP contribution in [-0.2, 0) is 0 Å². The van der Waals surface area contributed by atoms with Gasteiger partial charge in [0.25, 0.3) is 0 Å². The maximum Gasteiger partial charge on any atom is 0.124 e. The quantitative estimate of drug-likeness (QED) is 0.695. The second kappa shape index (κ2) is 6.32. The molecule has 1 aromatic carbocycles. The molecule has 1 aromatic rings. The minimum Gasteiger partial charge on any atom is -0.508 e. The van der Waals surface area contributed by atoms with E-state index in [0.29, 0.717) is 5.56 Å². The molecule has 0 saturated carbocycles. The van der Waals surface area contributed by atoms with E-state index in [2.05, 4.69) is 6.58 Å². The molecule has 84 valence electrons. The summed E-state index contributed by atoms with van der Waals surface area (Å²) < 4.78 is 0. The third-order valence-electron chi connectivity index (χ3n) is 2.10. The third-order valence-corrected chi connectivity index (χ3v) is 2.10. The normalized spacial score (nSPS) is 11.5. The highest BCUT2D eigenvalue weighted by Gasteiger charge is 2.10. The molecule has 1 rings (SSSR count). The lowest BCUT2D eigenvalue weighted by molar-refractivity contribution is 0.440. The summed E-state index contributed by atoms with van der Waals surface area (Å²) in [5.74, 6) is 0.0868. The molecule has 0 spiro atoms. The van der Waals surface area contributed by atoms with Crippen LogP contribution in [0.2, 0.25) is 0 Å². The fraction of sp³-hybridized carbons (Fsp3) is 0.273. The smallest absolute Gasteiger partial charge is 0.124 e. The zero-order chi connectivity index (χ0) is 10.6. The van der Waals surface area contributed by atoms with Gasteiger partial charge in [-0.15, -0.1) is 19.0 Å². The second-order valence-electron chi connectivity index (χ2n) is 3.22. The first-order valence-electron chi connectivity index (χ1n) is 4.53. The fourth-order valence-corrected chi connectivity index (χ4v) is 1.30. The molecule has 4 heteroatoms. The first kappa shape index (κ1) is 13.8. The molecule has 15 heavy (non-hydrogen) atoms. The van der Waals surface area contributed by atoms with Gasteiger partial charge in [0, 0.05) is 17.7 Å². The number of nitrogens with two attached hydrogens (primary N) is 1. The van der Waals surface area contributed by atoms with E-state index in [1.165, 1.54) is 12.1 Å². The van der Waals surface area contributed by atoms with E-state index in [9.17, 15) is 5.11 Å². The molecule has 0 radical (unpaired) electrons. The van der Waals surface area contributed by atoms with Gasteiger partial charge in [0.2, 0.25) is 0 Å². The van der Waals surface area contributed by atoms with E-state index >= 15 is 0 Å². The fourth-order valence-electron chi connectivity index (χ4n) is 1.30. The highest BCUT2D eigenvalue weighted by atomic mass is 35.5. The summed E-state index contributed by atoms with van der Waals surface area (Å²) in [5.41, 5.74) is 6.50. The van der Waals surface area contributed by atoms with E-state index < -0.39 is 0 Å². The van der Waals surface area contributed by atoms with Crippen LogP contribution in [-0.4, -0.2) is 10.2 Å². The molecule has 0 amide bonds. The Hall–Kier alpha value is -1.19. The van der Waals surface area contributed by atoms with E-state index in [1.54, 1.807) is 12.1 Å². The van der Waals surface area contributed by atoms with Crippen LogP contribution in [0.4, 0.5) is 0 Å². The van der Waals surface area contributed by atoms with Gasteiger partial charge in [-0.3, -0.25) is 0 Å². The average Bonchev–Trinajstić information content (AvgIpc) is 2.14. The molecule has 0 bridgehead atoms. The van der Waals surface area contributed by atoms with E-state index in [1.807, 2.05) is 0 Å². The largest absolute Gasteiger partial charge is 0.508 e. The Labute approximate surface area is 95.6 Å². The Balaban J connectivity index is 0.00000196. The molecular weight excluding hydrogens is 214 g/mol. The van der Waals surface area contributed by atoms with Crippen LogP contribution in [0.15, 0.2) is 30.9 Å². The standard InChI is InChI=1S/C11H15NO2.ClH/c1-2-3-4-10(12)9-6-5-8(13)7-11(9)14;/h2,5-7,10,13-14H,1,3-4,12H2;1H/t10-;/m1./s1. The Kier molecular flexibility index (Phi) is 5.82. The van der Waals surface area contributed by atoms with Crippen LogP contribution in [0.5, 0.6) is 11.5 Å². The van der Waals surface area contributed by atoms with Crippen molar-refractivity contribution < 1.29 is 10.2 Å². The summed E-state index contributed by atoms with van der Waals surface area (Å²) in [6.45, 7) is 3.60. The van der Waals surface area contributed by atoms with Gasteiger partial charge in [-0.25, -0.2) is 0 Å². The van der Waals surface area contributed by atoms with Crippen LogP contribution < -0.4 is 5.73 Å². The molecule has 0 aromatic heterocycles. The SMILES string of the molecule is C=CCC[C@@H](N)c1ccc(O)cc1O.Cl. The molecule has 0 aliphatic rings. The third kappa shape index (κ3) is 3.81. The molecule has 0 unspecified atom stereocenters. The predicted molar refractivity (Wildman–Crippen MR) is 63.4 cm³/mol. The second-order valence-corrected chi connectivity index (χ2v) is 3.22. The van der Waals surface area contributed by atoms with E-state index in [0.717, 1.165) is 12.8 Å². The zero-order valence-electron chi connectivity index (χ0n) is 8.39. The van der Waals surface area contributed by atoms with Crippen LogP contribution in [0, 0.1) is 0 Å². The predicted octanol–water partition coefficient (Wildman–Crippen LogP) is 2.49. The van der Waals surface area contributed by atoms with Crippen molar-refractivity contribution in [3.05, 3.63) is 36.4 Å². The lowest BCUT2D eigenvalue weighted by Crippen LogP contribution is -2.09. The van der Waals surface area contributed by atoms with Crippen molar-refractivity contribution in [2.75, 3.05) is 0 Å². The Morgan fingerprint density at radius 2 is 2.07 bits per heavy atom. The van der Waals surface area contributed by atoms with Crippen LogP contribution in [0.3, 0.4) is 0 Å². The van der Waals surface area contributed by atoms with Gasteiger partial charge in [-0.2, -0.15) is 0 Å². The van der Waals surface area contributed by atoms with Gasteiger partial charge in [0.15, 0.2) is 0 Å². The number of rotatable bonds is 4. The molecular formula is C11H16ClNO2. The van der Waals surface area contributed by atoms with Gasteiger partial charge in [-0.1, -0.05) is 12.1 Å². The minimum absolute atomic E-state index is 0. The number of phenolic OH excluding ortho intramolecular Hbond substituents is 2. The van der Waals surface area contributed by atoms with E-state index in [4.69, 9.17) is 10.8 Å². The van der Waals surface area contributed by atoms with Crippen molar-refractivity contribution in [3.8, 4) is 11.5 Å². The van der Waals surface area contributed by atoms with Crippen molar-refractivity contribution in [2.24, 2.45) is 5.73 Å². The molecule has 3 nitrogen and oxygen atoms in total. The van der Waals surface area contributed by atoms with Gasteiger partial charge < -0.3 is 15.9 Å². The lowest BCUT2D eigenvalue weighted by atomic mass is 10.0. The monoisotopic (exact) mass is 229 g/mol. The van der Waals surface area contributed by atoms with Gasteiger partial charge >= 0.3 is 0 Å². The van der Waals surface area contributed by atoms with Gasteiger partial charge in [0.05, 0.1) is 0 Å². The summed E-state index contributed by atoms with van der Waals surface area (Å²) >= 11 is 0. The zero-order valence-corrected chi connectivity index (χ0v) is 9.20. The molecule has 0 aliphatic heterocycles. The number of hydrogen-bond donors (Lipinski definition) is 3. The summed E-state index contributed by atoms with van der Waals surface area (Å²) in [7, 11) is 0. The van der Waals surface area contributed by atoms with E-state index in [-0.39, 0.29) is 29.9 Å². The number of phenols is 2. The average molecular weight is 230 g/mol. The van der Waals surface area contributed by atoms with Crippen LogP contribution in [0.25, 0.3) is 0 Å². The number of benzene rings is 1. The lowest BCUT2D eigenvalue weighted by Gasteiger charge is -2.12. The van der Waals surface area contributed by atoms with Crippen LogP contribution >= 0.6 is 12.4 Å². The van der Waals surface area contributed by atoms with Gasteiger partial charge in [-0.05, 0) is 18.9 Å². The molecule has 0 saturated heterocycles. The number of halogens is 1. The molecule has 4 N–H and O–H groups in total. The molecule has 0 aliphatic carbocycles. The first-order valence-corrected chi connectivity index (χ1v) is 4.53. The summed E-state index contributed by atoms with van der Waals surface area (Å²) in [6.07, 6.45) is 3.33. The summed E-state index contributed by atoms with van der Waals surface area (Å²) in [6, 6.07) is 4.23. The van der Waals surface area contributed by atoms with Crippen molar-refractivity contribution in [1.82, 2.24) is 0 Å². The van der Waals surface area contributed by atoms with Crippen molar-refractivity contribution in [1.29, 1.82) is 0 Å². The maximum atomic E-state index is 9.50. The summed E-state index contributed by atoms with van der Waals surface area (Å²) in [4.78, 5) is 0. The summed E-state index contributed by atoms with van der Waals surface area (Å²) in [5, 5.41) is 18.6. The molecule has 0 heterocycles. The van der Waals surface area contributed by atoms with Crippen molar-refractivity contribution >= 4 is 12.4 Å². The highest BCUT2D eigenvalue weighted by Crippen LogP contribution is 2.28. The number of allylic oxidation sites excluding steroid dienone is 1. The van der Waals surface area contributed by atoms with Crippen molar-refractivity contribution in [3.63, 3.8) is 0 Å². The maximum absolute atomic E-state index is 9.50. The topological polar surface area (TPSA) is 66.5 Å². The first-order chi connectivity index (χ1) is 6.65. The van der Waals surface area contributed by atoms with Crippen molar-refractivity contribution in [2.45, 2.75) is 18.9 Å². The highest BCUT2D eigenvalue weighted by molar-refractivity contribution is 5.85. The Morgan fingerprint density at radius 1 is 1.40 bits per heavy atom. The number of aromatic hydroxyl groups is 2. The minimum atomic E-state index is -0.214. The Morgan fingerprint density at radius 3 is 2.60 bits per heavy atom. The Bertz CT molecular complexity index is 328. The van der Waals surface area contributed by atoms with Gasteiger partial charge in [0.1, 0.15) is 11.5 Å². The molecule has 1 atom stereocenters. The van der Waals surface area contributed by atoms with Crippen LogP contribution in [0.1, 0.15) is 24.4 Å².